The molecular formula is C42H41Cl2N5O4. The van der Waals surface area contributed by atoms with Crippen LogP contribution in [-0.4, -0.2) is 53.6 Å². The minimum Gasteiger partial charge on any atom is -0.487 e. The number of aromatic nitrogens is 1. The van der Waals surface area contributed by atoms with Gasteiger partial charge in [0.05, 0.1) is 33.8 Å². The molecule has 5 aromatic rings. The molecule has 272 valence electrons. The zero-order chi connectivity index (χ0) is 36.8. The number of nitrogens with two attached hydrogens (primary N) is 1. The van der Waals surface area contributed by atoms with E-state index in [1.54, 1.807) is 6.92 Å². The van der Waals surface area contributed by atoms with Gasteiger partial charge in [-0.1, -0.05) is 54.6 Å². The van der Waals surface area contributed by atoms with E-state index < -0.39 is 16.9 Å². The quantitative estimate of drug-likeness (QED) is 0.133. The molecule has 3 atom stereocenters. The van der Waals surface area contributed by atoms with E-state index in [4.69, 9.17) is 33.7 Å². The van der Waals surface area contributed by atoms with Crippen LogP contribution in [0.15, 0.2) is 72.9 Å². The smallest absolute Gasteiger partial charge is 0.241 e. The van der Waals surface area contributed by atoms with Crippen LogP contribution in [0, 0.1) is 17.8 Å². The molecule has 3 heterocycles. The molecule has 9 nitrogen and oxygen atoms in total. The lowest BCUT2D eigenvalue weighted by molar-refractivity contribution is -0.204. The summed E-state index contributed by atoms with van der Waals surface area (Å²) in [5, 5.41) is 5.87. The maximum atomic E-state index is 14.6. The summed E-state index contributed by atoms with van der Waals surface area (Å²) in [4.78, 5) is 49.1. The van der Waals surface area contributed by atoms with Crippen molar-refractivity contribution in [3.8, 4) is 5.75 Å². The Morgan fingerprint density at radius 1 is 0.887 bits per heavy atom. The number of halogens is 2. The molecule has 1 aromatic heterocycles. The van der Waals surface area contributed by atoms with E-state index in [0.717, 1.165) is 55.3 Å². The molecule has 10 rings (SSSR count). The third-order valence-corrected chi connectivity index (χ3v) is 12.9. The number of ether oxygens (including phenoxy) is 1. The van der Waals surface area contributed by atoms with Crippen molar-refractivity contribution >= 4 is 79.7 Å². The van der Waals surface area contributed by atoms with Crippen LogP contribution in [0.4, 0.5) is 17.1 Å². The minimum atomic E-state index is -0.696. The Morgan fingerprint density at radius 3 is 2.09 bits per heavy atom. The second-order valence-electron chi connectivity index (χ2n) is 15.6. The molecule has 0 spiro atoms. The van der Waals surface area contributed by atoms with E-state index in [9.17, 15) is 14.4 Å². The number of aryl methyl sites for hydroxylation is 1. The second kappa shape index (κ2) is 12.5. The lowest BCUT2D eigenvalue weighted by Crippen LogP contribution is -2.73. The highest BCUT2D eigenvalue weighted by Crippen LogP contribution is 2.75. The first-order valence-corrected chi connectivity index (χ1v) is 19.3. The maximum Gasteiger partial charge on any atom is 0.241 e. The minimum absolute atomic E-state index is 0.0162. The standard InChI is InChI=1S/C42H41Cl2N5O4/c1-23-16-46-37-33(53-19-25-8-4-3-5-9-25)13-32-36(34(23)37)27(15-44)18-49(32)40(52)42-20-41(21-42,22-42)39(51)48-17-26(14-43)35-29-11-7-6-10-28(29)30(12-31(35)48)47-38(50)24(2)45/h3-13,16,24,26-27,46H,14-15,17-22,45H2,1-2H3,(H,47,50)/t24-,26+,27+,41?,42?/m0/s1. The number of aromatic amines is 1. The largest absolute Gasteiger partial charge is 0.487 e. The Balaban J connectivity index is 1.00. The van der Waals surface area contributed by atoms with E-state index in [1.807, 2.05) is 82.7 Å². The summed E-state index contributed by atoms with van der Waals surface area (Å²) in [5.41, 5.74) is 12.0. The second-order valence-corrected chi connectivity index (χ2v) is 16.2. The van der Waals surface area contributed by atoms with Crippen molar-refractivity contribution in [1.82, 2.24) is 4.98 Å². The summed E-state index contributed by atoms with van der Waals surface area (Å²) in [6.07, 6.45) is 3.47. The number of alkyl halides is 2. The van der Waals surface area contributed by atoms with Gasteiger partial charge in [-0.15, -0.1) is 23.2 Å². The van der Waals surface area contributed by atoms with Crippen LogP contribution < -0.4 is 25.6 Å². The number of anilines is 3. The lowest BCUT2D eigenvalue weighted by atomic mass is 9.34. The molecule has 0 unspecified atom stereocenters. The van der Waals surface area contributed by atoms with E-state index in [1.165, 1.54) is 0 Å². The molecule has 3 aliphatic carbocycles. The first-order chi connectivity index (χ1) is 25.6. The van der Waals surface area contributed by atoms with E-state index in [2.05, 4.69) is 17.2 Å². The molecule has 3 amide bonds. The molecular weight excluding hydrogens is 709 g/mol. The van der Waals surface area contributed by atoms with Crippen molar-refractivity contribution in [3.05, 3.63) is 95.2 Å². The summed E-state index contributed by atoms with van der Waals surface area (Å²) in [5.74, 6) is 1.09. The summed E-state index contributed by atoms with van der Waals surface area (Å²) in [6.45, 7) is 5.04. The summed E-state index contributed by atoms with van der Waals surface area (Å²) in [7, 11) is 0. The van der Waals surface area contributed by atoms with Gasteiger partial charge in [-0.05, 0) is 66.8 Å². The van der Waals surface area contributed by atoms with Crippen LogP contribution in [-0.2, 0) is 21.0 Å². The first kappa shape index (κ1) is 34.2. The van der Waals surface area contributed by atoms with Crippen molar-refractivity contribution < 1.29 is 19.1 Å². The first-order valence-electron chi connectivity index (χ1n) is 18.3. The number of nitrogens with zero attached hydrogens (tertiary/aromatic N) is 2. The number of benzene rings is 4. The number of hydrogen-bond acceptors (Lipinski definition) is 5. The van der Waals surface area contributed by atoms with Crippen LogP contribution in [0.3, 0.4) is 0 Å². The zero-order valence-electron chi connectivity index (χ0n) is 29.7. The monoisotopic (exact) mass is 749 g/mol. The summed E-state index contributed by atoms with van der Waals surface area (Å²) >= 11 is 13.2. The van der Waals surface area contributed by atoms with Crippen LogP contribution in [0.5, 0.6) is 5.75 Å². The Bertz CT molecular complexity index is 2320. The van der Waals surface area contributed by atoms with Gasteiger partial charge in [0.25, 0.3) is 0 Å². The Hall–Kier alpha value is -4.57. The molecule has 3 fully saturated rings. The average molecular weight is 751 g/mol. The maximum absolute atomic E-state index is 14.6. The van der Waals surface area contributed by atoms with Gasteiger partial charge in [0, 0.05) is 65.4 Å². The van der Waals surface area contributed by atoms with E-state index in [-0.39, 0.29) is 29.6 Å². The predicted octanol–water partition coefficient (Wildman–Crippen LogP) is 7.70. The molecule has 2 bridgehead atoms. The Kier molecular flexibility index (Phi) is 8.07. The van der Waals surface area contributed by atoms with Gasteiger partial charge in [0.2, 0.25) is 17.7 Å². The molecule has 4 N–H and O–H groups in total. The highest BCUT2D eigenvalue weighted by atomic mass is 35.5. The van der Waals surface area contributed by atoms with Gasteiger partial charge in [-0.3, -0.25) is 14.4 Å². The SMILES string of the molecule is Cc1c[nH]c2c(OCc3ccccc3)cc3c(c12)[C@H](CCl)CN3C(=O)C12CC(C(=O)N3C[C@@H](CCl)c4c3cc(NC(=O)[C@H](C)N)c3ccccc43)(C1)C2. The molecule has 5 aliphatic rings. The topological polar surface area (TPSA) is 121 Å². The van der Waals surface area contributed by atoms with Gasteiger partial charge in [0.1, 0.15) is 12.4 Å². The summed E-state index contributed by atoms with van der Waals surface area (Å²) in [6, 6.07) is 21.1. The number of carbonyl (C=O) groups is 3. The molecule has 4 aromatic carbocycles. The molecule has 0 radical (unpaired) electrons. The van der Waals surface area contributed by atoms with Crippen molar-refractivity contribution in [2.45, 2.75) is 57.6 Å². The van der Waals surface area contributed by atoms with Crippen molar-refractivity contribution in [1.29, 1.82) is 0 Å². The fraction of sp³-hybridized carbons (Fsp3) is 0.357. The number of H-pyrrole nitrogens is 1. The van der Waals surface area contributed by atoms with E-state index in [0.29, 0.717) is 62.2 Å². The van der Waals surface area contributed by atoms with Crippen molar-refractivity contribution in [2.75, 3.05) is 40.0 Å². The molecule has 0 saturated heterocycles. The number of amides is 3. The number of hydrogen-bond donors (Lipinski definition) is 3. The predicted molar refractivity (Wildman–Crippen MR) is 210 cm³/mol. The molecule has 11 heteroatoms. The van der Waals surface area contributed by atoms with Crippen LogP contribution >= 0.6 is 23.2 Å². The lowest BCUT2D eigenvalue weighted by Gasteiger charge is -2.69. The van der Waals surface area contributed by atoms with Gasteiger partial charge < -0.3 is 30.6 Å². The van der Waals surface area contributed by atoms with Crippen LogP contribution in [0.2, 0.25) is 0 Å². The van der Waals surface area contributed by atoms with Gasteiger partial charge in [-0.25, -0.2) is 0 Å². The van der Waals surface area contributed by atoms with Gasteiger partial charge in [-0.2, -0.15) is 0 Å². The number of fused-ring (bicyclic) bond motifs is 6. The normalized spacial score (nSPS) is 24.4. The van der Waals surface area contributed by atoms with Crippen LogP contribution in [0.1, 0.15) is 60.3 Å². The summed E-state index contributed by atoms with van der Waals surface area (Å²) < 4.78 is 6.40. The molecule has 53 heavy (non-hydrogen) atoms. The van der Waals surface area contributed by atoms with Crippen molar-refractivity contribution in [2.24, 2.45) is 16.6 Å². The molecule has 3 saturated carbocycles. The number of nitrogens with one attached hydrogen (secondary N) is 2. The highest BCUT2D eigenvalue weighted by molar-refractivity contribution is 6.20. The fourth-order valence-corrected chi connectivity index (χ4v) is 10.1. The number of carbonyl (C=O) groups excluding carboxylic acids is 3. The average Bonchev–Trinajstić information content (AvgIpc) is 3.82. The fourth-order valence-electron chi connectivity index (χ4n) is 9.61. The van der Waals surface area contributed by atoms with Gasteiger partial charge >= 0.3 is 0 Å². The van der Waals surface area contributed by atoms with Crippen LogP contribution in [0.25, 0.3) is 21.7 Å². The zero-order valence-corrected chi connectivity index (χ0v) is 31.2. The third kappa shape index (κ3) is 5.11. The Morgan fingerprint density at radius 2 is 1.47 bits per heavy atom. The van der Waals surface area contributed by atoms with Gasteiger partial charge in [0.15, 0.2) is 0 Å². The Labute approximate surface area is 317 Å². The molecule has 2 aliphatic heterocycles. The van der Waals surface area contributed by atoms with E-state index >= 15 is 0 Å². The number of rotatable bonds is 9. The highest BCUT2D eigenvalue weighted by Gasteiger charge is 2.76. The third-order valence-electron chi connectivity index (χ3n) is 12.1. The van der Waals surface area contributed by atoms with Crippen molar-refractivity contribution in [3.63, 3.8) is 0 Å².